The zero-order valence-corrected chi connectivity index (χ0v) is 13.2. The van der Waals surface area contributed by atoms with E-state index in [1.807, 2.05) is 6.07 Å². The van der Waals surface area contributed by atoms with Crippen LogP contribution in [0.3, 0.4) is 0 Å². The number of hydrogen-bond donors (Lipinski definition) is 1. The van der Waals surface area contributed by atoms with Crippen molar-refractivity contribution in [2.24, 2.45) is 11.7 Å². The molecule has 1 fully saturated rings. The van der Waals surface area contributed by atoms with Crippen molar-refractivity contribution in [2.75, 3.05) is 11.4 Å². The van der Waals surface area contributed by atoms with Gasteiger partial charge in [0.2, 0.25) is 0 Å². The van der Waals surface area contributed by atoms with Gasteiger partial charge in [-0.2, -0.15) is 5.10 Å². The minimum Gasteiger partial charge on any atom is -0.389 e. The van der Waals surface area contributed by atoms with Crippen LogP contribution in [0.5, 0.6) is 0 Å². The molecule has 0 spiro atoms. The summed E-state index contributed by atoms with van der Waals surface area (Å²) in [6.45, 7) is 5.49. The summed E-state index contributed by atoms with van der Waals surface area (Å²) >= 11 is 5.16. The fraction of sp³-hybridized carbons (Fsp3) is 0.667. The van der Waals surface area contributed by atoms with Crippen LogP contribution in [-0.4, -0.2) is 27.8 Å². The lowest BCUT2D eigenvalue weighted by molar-refractivity contribution is 0.523. The van der Waals surface area contributed by atoms with E-state index in [1.165, 1.54) is 25.7 Å². The zero-order valence-electron chi connectivity index (χ0n) is 12.4. The minimum atomic E-state index is 0.405. The zero-order chi connectivity index (χ0) is 14.5. The van der Waals surface area contributed by atoms with Crippen molar-refractivity contribution in [1.82, 2.24) is 10.2 Å². The van der Waals surface area contributed by atoms with E-state index in [1.54, 1.807) is 6.20 Å². The number of aromatic nitrogens is 2. The Labute approximate surface area is 126 Å². The highest BCUT2D eigenvalue weighted by Gasteiger charge is 2.26. The van der Waals surface area contributed by atoms with Crippen molar-refractivity contribution in [3.8, 4) is 0 Å². The Balaban J connectivity index is 2.27. The SMILES string of the molecule is CC(C)CCN(c1nnccc1C(N)=S)C1CCCC1. The maximum absolute atomic E-state index is 5.84. The van der Waals surface area contributed by atoms with Crippen molar-refractivity contribution >= 4 is 23.0 Å². The molecule has 0 aromatic carbocycles. The van der Waals surface area contributed by atoms with Gasteiger partial charge in [-0.15, -0.1) is 5.10 Å². The van der Waals surface area contributed by atoms with Gasteiger partial charge in [-0.3, -0.25) is 0 Å². The smallest absolute Gasteiger partial charge is 0.161 e. The van der Waals surface area contributed by atoms with Gasteiger partial charge >= 0.3 is 0 Å². The van der Waals surface area contributed by atoms with E-state index in [2.05, 4.69) is 28.9 Å². The van der Waals surface area contributed by atoms with Crippen LogP contribution in [0.4, 0.5) is 5.82 Å². The largest absolute Gasteiger partial charge is 0.389 e. The van der Waals surface area contributed by atoms with E-state index in [0.29, 0.717) is 16.9 Å². The highest BCUT2D eigenvalue weighted by molar-refractivity contribution is 7.80. The summed E-state index contributed by atoms with van der Waals surface area (Å²) in [5, 5.41) is 8.37. The van der Waals surface area contributed by atoms with Crippen LogP contribution < -0.4 is 10.6 Å². The van der Waals surface area contributed by atoms with E-state index in [-0.39, 0.29) is 0 Å². The number of thiocarbonyl (C=S) groups is 1. The molecule has 1 aromatic rings. The third-order valence-electron chi connectivity index (χ3n) is 3.95. The number of nitrogens with zero attached hydrogens (tertiary/aromatic N) is 3. The molecule has 5 heteroatoms. The average Bonchev–Trinajstić information content (AvgIpc) is 2.93. The topological polar surface area (TPSA) is 55.0 Å². The fourth-order valence-corrected chi connectivity index (χ4v) is 2.96. The predicted octanol–water partition coefficient (Wildman–Crippen LogP) is 2.91. The first kappa shape index (κ1) is 15.2. The first-order valence-corrected chi connectivity index (χ1v) is 7.88. The van der Waals surface area contributed by atoms with Crippen molar-refractivity contribution in [3.05, 3.63) is 17.8 Å². The van der Waals surface area contributed by atoms with Gasteiger partial charge in [0.15, 0.2) is 5.82 Å². The van der Waals surface area contributed by atoms with Crippen LogP contribution in [-0.2, 0) is 0 Å². The molecule has 0 amide bonds. The number of nitrogens with two attached hydrogens (primary N) is 1. The van der Waals surface area contributed by atoms with E-state index in [0.717, 1.165) is 24.3 Å². The van der Waals surface area contributed by atoms with Crippen molar-refractivity contribution < 1.29 is 0 Å². The normalized spacial score (nSPS) is 15.8. The van der Waals surface area contributed by atoms with E-state index in [9.17, 15) is 0 Å². The van der Waals surface area contributed by atoms with Crippen LogP contribution in [0.1, 0.15) is 51.5 Å². The number of hydrogen-bond acceptors (Lipinski definition) is 4. The molecule has 1 aliphatic rings. The summed E-state index contributed by atoms with van der Waals surface area (Å²) in [6, 6.07) is 2.43. The molecule has 1 heterocycles. The van der Waals surface area contributed by atoms with Gasteiger partial charge in [-0.05, 0) is 31.2 Å². The molecule has 2 N–H and O–H groups in total. The molecule has 2 rings (SSSR count). The lowest BCUT2D eigenvalue weighted by Gasteiger charge is -2.31. The second kappa shape index (κ2) is 6.97. The lowest BCUT2D eigenvalue weighted by Crippen LogP contribution is -2.37. The summed E-state index contributed by atoms with van der Waals surface area (Å²) in [4.78, 5) is 2.79. The minimum absolute atomic E-state index is 0.405. The van der Waals surface area contributed by atoms with E-state index < -0.39 is 0 Å². The standard InChI is InChI=1S/C15H24N4S/c1-11(2)8-10-19(12-5-3-4-6-12)15-13(14(16)20)7-9-17-18-15/h7,9,11-12H,3-6,8,10H2,1-2H3,(H2,16,20). The second-order valence-electron chi connectivity index (χ2n) is 5.95. The summed E-state index contributed by atoms with van der Waals surface area (Å²) < 4.78 is 0. The van der Waals surface area contributed by atoms with Crippen molar-refractivity contribution in [1.29, 1.82) is 0 Å². The molecular weight excluding hydrogens is 268 g/mol. The highest BCUT2D eigenvalue weighted by atomic mass is 32.1. The van der Waals surface area contributed by atoms with Gasteiger partial charge in [-0.1, -0.05) is 38.9 Å². The molecule has 0 bridgehead atoms. The average molecular weight is 292 g/mol. The Morgan fingerprint density at radius 1 is 1.45 bits per heavy atom. The molecule has 4 nitrogen and oxygen atoms in total. The van der Waals surface area contributed by atoms with Crippen LogP contribution >= 0.6 is 12.2 Å². The van der Waals surface area contributed by atoms with Crippen LogP contribution in [0.25, 0.3) is 0 Å². The maximum Gasteiger partial charge on any atom is 0.161 e. The Morgan fingerprint density at radius 2 is 2.15 bits per heavy atom. The molecule has 110 valence electrons. The molecular formula is C15H24N4S. The lowest BCUT2D eigenvalue weighted by atomic mass is 10.1. The van der Waals surface area contributed by atoms with Crippen molar-refractivity contribution in [3.63, 3.8) is 0 Å². The Hall–Kier alpha value is -1.23. The number of rotatable bonds is 6. The highest BCUT2D eigenvalue weighted by Crippen LogP contribution is 2.29. The molecule has 0 radical (unpaired) electrons. The molecule has 1 aromatic heterocycles. The number of anilines is 1. The summed E-state index contributed by atoms with van der Waals surface area (Å²) in [5.41, 5.74) is 6.70. The monoisotopic (exact) mass is 292 g/mol. The fourth-order valence-electron chi connectivity index (χ4n) is 2.80. The molecule has 1 aliphatic carbocycles. The predicted molar refractivity (Wildman–Crippen MR) is 87.0 cm³/mol. The van der Waals surface area contributed by atoms with E-state index in [4.69, 9.17) is 18.0 Å². The van der Waals surface area contributed by atoms with Crippen molar-refractivity contribution in [2.45, 2.75) is 52.0 Å². The van der Waals surface area contributed by atoms with Crippen LogP contribution in [0.15, 0.2) is 12.3 Å². The molecule has 0 unspecified atom stereocenters. The molecule has 0 aliphatic heterocycles. The van der Waals surface area contributed by atoms with Gasteiger partial charge in [0.1, 0.15) is 4.99 Å². The molecule has 20 heavy (non-hydrogen) atoms. The quantitative estimate of drug-likeness (QED) is 0.817. The van der Waals surface area contributed by atoms with Gasteiger partial charge in [0.05, 0.1) is 11.8 Å². The first-order valence-electron chi connectivity index (χ1n) is 7.47. The first-order chi connectivity index (χ1) is 9.59. The molecule has 0 saturated heterocycles. The van der Waals surface area contributed by atoms with E-state index >= 15 is 0 Å². The van der Waals surface area contributed by atoms with Gasteiger partial charge in [0, 0.05) is 12.6 Å². The Morgan fingerprint density at radius 3 is 2.75 bits per heavy atom. The van der Waals surface area contributed by atoms with Crippen LogP contribution in [0.2, 0.25) is 0 Å². The third-order valence-corrected chi connectivity index (χ3v) is 4.17. The maximum atomic E-state index is 5.84. The molecule has 1 saturated carbocycles. The summed E-state index contributed by atoms with van der Waals surface area (Å²) in [5.74, 6) is 1.54. The van der Waals surface area contributed by atoms with Gasteiger partial charge < -0.3 is 10.6 Å². The van der Waals surface area contributed by atoms with Gasteiger partial charge in [0.25, 0.3) is 0 Å². The molecule has 0 atom stereocenters. The Kier molecular flexibility index (Phi) is 5.29. The Bertz CT molecular complexity index is 455. The van der Waals surface area contributed by atoms with Gasteiger partial charge in [-0.25, -0.2) is 0 Å². The second-order valence-corrected chi connectivity index (χ2v) is 6.39. The summed E-state index contributed by atoms with van der Waals surface area (Å²) in [7, 11) is 0. The summed E-state index contributed by atoms with van der Waals surface area (Å²) in [6.07, 6.45) is 7.85. The third kappa shape index (κ3) is 3.66. The van der Waals surface area contributed by atoms with Crippen LogP contribution in [0, 0.1) is 5.92 Å².